The minimum Gasteiger partial charge on any atom is -0.461 e. The van der Waals surface area contributed by atoms with Crippen LogP contribution >= 0.6 is 0 Å². The van der Waals surface area contributed by atoms with Crippen molar-refractivity contribution in [2.24, 2.45) is 10.8 Å². The van der Waals surface area contributed by atoms with Crippen LogP contribution in [0.15, 0.2) is 0 Å². The molecule has 5 unspecified atom stereocenters. The molecule has 8 nitrogen and oxygen atoms in total. The van der Waals surface area contributed by atoms with Crippen molar-refractivity contribution in [2.45, 2.75) is 57.7 Å². The van der Waals surface area contributed by atoms with Gasteiger partial charge in [-0.25, -0.2) is 4.79 Å². The fourth-order valence-corrected chi connectivity index (χ4v) is 3.31. The molecule has 2 N–H and O–H groups in total. The average molecular weight is 314 g/mol. The van der Waals surface area contributed by atoms with Crippen molar-refractivity contribution in [3.8, 4) is 0 Å². The van der Waals surface area contributed by atoms with E-state index in [0.29, 0.717) is 0 Å². The van der Waals surface area contributed by atoms with Crippen LogP contribution in [0.2, 0.25) is 0 Å². The highest BCUT2D eigenvalue weighted by Crippen LogP contribution is 2.53. The van der Waals surface area contributed by atoms with E-state index in [9.17, 15) is 24.6 Å². The summed E-state index contributed by atoms with van der Waals surface area (Å²) in [6.45, 7) is 5.05. The van der Waals surface area contributed by atoms with Gasteiger partial charge in [0.15, 0.2) is 11.5 Å². The van der Waals surface area contributed by atoms with Crippen molar-refractivity contribution < 1.29 is 38.8 Å². The lowest BCUT2D eigenvalue weighted by molar-refractivity contribution is -0.255. The normalized spacial score (nSPS) is 44.6. The Labute approximate surface area is 126 Å². The first-order chi connectivity index (χ1) is 10.0. The standard InChI is InChI=1S/C14H18O8/c1-12(2,3)14(19)4-6-13(5-7(15)20-6)8(16)9(17)21-11(14)22-10(13)18/h6,8,11,16,19H,4-5H2,1-3H3. The summed E-state index contributed by atoms with van der Waals surface area (Å²) < 4.78 is 15.3. The maximum Gasteiger partial charge on any atom is 0.339 e. The Balaban J connectivity index is 2.20. The summed E-state index contributed by atoms with van der Waals surface area (Å²) in [5, 5.41) is 21.2. The van der Waals surface area contributed by atoms with Gasteiger partial charge in [-0.1, -0.05) is 20.8 Å². The predicted octanol–water partition coefficient (Wildman–Crippen LogP) is -0.744. The molecule has 0 aromatic heterocycles. The fraction of sp³-hybridized carbons (Fsp3) is 0.786. The second-order valence-corrected chi connectivity index (χ2v) is 7.15. The molecule has 8 heteroatoms. The first kappa shape index (κ1) is 15.2. The number of rotatable bonds is 0. The molecule has 22 heavy (non-hydrogen) atoms. The lowest BCUT2D eigenvalue weighted by Crippen LogP contribution is -2.59. The largest absolute Gasteiger partial charge is 0.461 e. The smallest absolute Gasteiger partial charge is 0.339 e. The third-order valence-corrected chi connectivity index (χ3v) is 5.00. The Bertz CT molecular complexity index is 564. The van der Waals surface area contributed by atoms with E-state index in [2.05, 4.69) is 0 Å². The van der Waals surface area contributed by atoms with Crippen molar-refractivity contribution in [1.29, 1.82) is 0 Å². The Morgan fingerprint density at radius 1 is 1.14 bits per heavy atom. The van der Waals surface area contributed by atoms with Gasteiger partial charge in [0.2, 0.25) is 0 Å². The minimum atomic E-state index is -1.87. The molecule has 3 aliphatic heterocycles. The third kappa shape index (κ3) is 1.67. The molecule has 3 rings (SSSR count). The van der Waals surface area contributed by atoms with Crippen LogP contribution in [0.4, 0.5) is 0 Å². The number of aliphatic hydroxyl groups excluding tert-OH is 1. The molecule has 0 amide bonds. The Hall–Kier alpha value is -1.67. The van der Waals surface area contributed by atoms with Crippen LogP contribution in [0.5, 0.6) is 0 Å². The molecule has 0 radical (unpaired) electrons. The molecule has 3 fully saturated rings. The highest BCUT2D eigenvalue weighted by Gasteiger charge is 2.71. The number of esters is 3. The predicted molar refractivity (Wildman–Crippen MR) is 67.9 cm³/mol. The van der Waals surface area contributed by atoms with Crippen molar-refractivity contribution >= 4 is 17.9 Å². The first-order valence-electron chi connectivity index (χ1n) is 7.04. The second-order valence-electron chi connectivity index (χ2n) is 7.15. The number of ether oxygens (including phenoxy) is 3. The van der Waals surface area contributed by atoms with Gasteiger partial charge in [-0.3, -0.25) is 9.59 Å². The van der Waals surface area contributed by atoms with E-state index in [-0.39, 0.29) is 6.42 Å². The summed E-state index contributed by atoms with van der Waals surface area (Å²) in [7, 11) is 0. The zero-order valence-electron chi connectivity index (χ0n) is 12.5. The van der Waals surface area contributed by atoms with Crippen molar-refractivity contribution in [3.05, 3.63) is 0 Å². The van der Waals surface area contributed by atoms with Crippen LogP contribution in [0.3, 0.4) is 0 Å². The number of carbonyl (C=O) groups is 3. The molecular formula is C14H18O8. The molecule has 0 saturated carbocycles. The van der Waals surface area contributed by atoms with Crippen LogP contribution < -0.4 is 0 Å². The summed E-state index contributed by atoms with van der Waals surface area (Å²) in [4.78, 5) is 36.2. The quantitative estimate of drug-likeness (QED) is 0.561. The van der Waals surface area contributed by atoms with E-state index in [0.717, 1.165) is 0 Å². The molecular weight excluding hydrogens is 296 g/mol. The lowest BCUT2D eigenvalue weighted by atomic mass is 9.67. The van der Waals surface area contributed by atoms with Gasteiger partial charge in [-0.05, 0) is 5.41 Å². The van der Waals surface area contributed by atoms with Gasteiger partial charge >= 0.3 is 17.9 Å². The number of hydrogen-bond donors (Lipinski definition) is 2. The minimum absolute atomic E-state index is 0.178. The third-order valence-electron chi connectivity index (χ3n) is 5.00. The zero-order valence-corrected chi connectivity index (χ0v) is 12.5. The number of aliphatic hydroxyl groups is 2. The lowest BCUT2D eigenvalue weighted by Gasteiger charge is -2.44. The summed E-state index contributed by atoms with van der Waals surface area (Å²) in [6, 6.07) is 0. The Kier molecular flexibility index (Phi) is 2.91. The topological polar surface area (TPSA) is 119 Å². The average Bonchev–Trinajstić information content (AvgIpc) is 2.63. The number of carbonyl (C=O) groups excluding carboxylic acids is 3. The van der Waals surface area contributed by atoms with Crippen LogP contribution in [0.1, 0.15) is 33.6 Å². The molecule has 3 aliphatic rings. The van der Waals surface area contributed by atoms with E-state index in [4.69, 9.17) is 14.2 Å². The van der Waals surface area contributed by atoms with Gasteiger partial charge in [0.05, 0.1) is 6.42 Å². The summed E-state index contributed by atoms with van der Waals surface area (Å²) in [6.07, 6.45) is -5.25. The summed E-state index contributed by atoms with van der Waals surface area (Å²) in [5.74, 6) is -2.81. The highest BCUT2D eigenvalue weighted by molar-refractivity contribution is 5.94. The highest BCUT2D eigenvalue weighted by atomic mass is 16.7. The fourth-order valence-electron chi connectivity index (χ4n) is 3.31. The molecule has 3 saturated heterocycles. The van der Waals surface area contributed by atoms with E-state index >= 15 is 0 Å². The molecule has 0 aromatic rings. The Morgan fingerprint density at radius 2 is 1.77 bits per heavy atom. The Morgan fingerprint density at radius 3 is 2.36 bits per heavy atom. The first-order valence-corrected chi connectivity index (χ1v) is 7.04. The van der Waals surface area contributed by atoms with Crippen LogP contribution in [0.25, 0.3) is 0 Å². The van der Waals surface area contributed by atoms with Crippen LogP contribution in [-0.4, -0.2) is 52.2 Å². The van der Waals surface area contributed by atoms with Gasteiger partial charge in [-0.15, -0.1) is 0 Å². The molecule has 122 valence electrons. The molecule has 5 atom stereocenters. The van der Waals surface area contributed by atoms with Crippen molar-refractivity contribution in [3.63, 3.8) is 0 Å². The maximum atomic E-state index is 12.5. The molecule has 3 heterocycles. The van der Waals surface area contributed by atoms with E-state index in [1.807, 2.05) is 0 Å². The van der Waals surface area contributed by atoms with E-state index < -0.39 is 59.3 Å². The summed E-state index contributed by atoms with van der Waals surface area (Å²) >= 11 is 0. The van der Waals surface area contributed by atoms with Gasteiger partial charge in [-0.2, -0.15) is 0 Å². The molecule has 1 spiro atoms. The van der Waals surface area contributed by atoms with Crippen molar-refractivity contribution in [2.75, 3.05) is 0 Å². The van der Waals surface area contributed by atoms with E-state index in [1.54, 1.807) is 20.8 Å². The van der Waals surface area contributed by atoms with Gasteiger partial charge in [0.1, 0.15) is 11.7 Å². The van der Waals surface area contributed by atoms with Gasteiger partial charge in [0, 0.05) is 6.42 Å². The summed E-state index contributed by atoms with van der Waals surface area (Å²) in [5.41, 5.74) is -4.46. The second kappa shape index (κ2) is 4.20. The van der Waals surface area contributed by atoms with Gasteiger partial charge in [0.25, 0.3) is 6.29 Å². The monoisotopic (exact) mass is 314 g/mol. The van der Waals surface area contributed by atoms with Crippen LogP contribution in [-0.2, 0) is 28.6 Å². The molecule has 2 bridgehead atoms. The molecule has 0 aromatic carbocycles. The zero-order chi connectivity index (χ0) is 16.5. The van der Waals surface area contributed by atoms with Crippen molar-refractivity contribution in [1.82, 2.24) is 0 Å². The van der Waals surface area contributed by atoms with E-state index in [1.165, 1.54) is 0 Å². The molecule has 0 aliphatic carbocycles. The SMILES string of the molecule is CC(C)(C)C1(O)CC2OC(=O)CC23C(=O)OC1OC(=O)C3O. The maximum absolute atomic E-state index is 12.5. The van der Waals surface area contributed by atoms with Gasteiger partial charge < -0.3 is 24.4 Å². The number of hydrogen-bond acceptors (Lipinski definition) is 8. The number of fused-ring (bicyclic) bond motifs is 2. The van der Waals surface area contributed by atoms with Crippen LogP contribution in [0, 0.1) is 10.8 Å².